The van der Waals surface area contributed by atoms with Crippen LogP contribution in [-0.2, 0) is 22.7 Å². The third-order valence-corrected chi connectivity index (χ3v) is 4.49. The number of benzene rings is 2. The maximum atomic E-state index is 13.1. The number of carbonyl (C=O) groups excluding carboxylic acids is 1. The molecule has 0 bridgehead atoms. The van der Waals surface area contributed by atoms with Crippen LogP contribution in [0.3, 0.4) is 0 Å². The average Bonchev–Trinajstić information content (AvgIpc) is 3.24. The predicted molar refractivity (Wildman–Crippen MR) is 108 cm³/mol. The van der Waals surface area contributed by atoms with E-state index in [1.54, 1.807) is 25.2 Å². The Hall–Kier alpha value is -3.05. The number of amides is 1. The summed E-state index contributed by atoms with van der Waals surface area (Å²) in [5, 5.41) is 0. The van der Waals surface area contributed by atoms with Gasteiger partial charge in [-0.1, -0.05) is 29.8 Å². The molecule has 0 spiro atoms. The number of hydrogen-bond acceptors (Lipinski definition) is 4. The Bertz CT molecular complexity index is 887. The molecule has 5 heteroatoms. The highest BCUT2D eigenvalue weighted by molar-refractivity contribution is 5.96. The molecule has 2 aromatic carbocycles. The summed E-state index contributed by atoms with van der Waals surface area (Å²) < 4.78 is 16.5. The first-order chi connectivity index (χ1) is 13.6. The molecule has 0 aliphatic rings. The number of hydrogen-bond donors (Lipinski definition) is 0. The number of anilines is 1. The van der Waals surface area contributed by atoms with Gasteiger partial charge < -0.3 is 18.8 Å². The lowest BCUT2D eigenvalue weighted by molar-refractivity contribution is -0.129. The quantitative estimate of drug-likeness (QED) is 0.567. The van der Waals surface area contributed by atoms with Gasteiger partial charge in [0.25, 0.3) is 5.91 Å². The van der Waals surface area contributed by atoms with Gasteiger partial charge in [0.15, 0.2) is 0 Å². The number of furan rings is 1. The Morgan fingerprint density at radius 3 is 2.57 bits per heavy atom. The molecule has 5 nitrogen and oxygen atoms in total. The van der Waals surface area contributed by atoms with Crippen molar-refractivity contribution >= 4 is 11.6 Å². The lowest BCUT2D eigenvalue weighted by Gasteiger charge is -2.25. The van der Waals surface area contributed by atoms with Crippen LogP contribution in [-0.4, -0.2) is 19.1 Å². The van der Waals surface area contributed by atoms with Gasteiger partial charge in [-0.2, -0.15) is 0 Å². The first-order valence-electron chi connectivity index (χ1n) is 9.22. The minimum absolute atomic E-state index is 0.122. The van der Waals surface area contributed by atoms with E-state index < -0.39 is 6.10 Å². The smallest absolute Gasteiger partial charge is 0.256 e. The minimum Gasteiger partial charge on any atom is -0.497 e. The molecule has 0 saturated heterocycles. The van der Waals surface area contributed by atoms with E-state index >= 15 is 0 Å². The lowest BCUT2D eigenvalue weighted by Crippen LogP contribution is -2.38. The SMILES string of the molecule is COc1cccc(COC(C)C(=O)N(Cc2ccco2)c2ccc(C)cc2)c1. The van der Waals surface area contributed by atoms with Crippen LogP contribution in [0.5, 0.6) is 5.75 Å². The fraction of sp³-hybridized carbons (Fsp3) is 0.261. The number of methoxy groups -OCH3 is 1. The third kappa shape index (κ3) is 5.02. The summed E-state index contributed by atoms with van der Waals surface area (Å²) >= 11 is 0. The van der Waals surface area contributed by atoms with Crippen molar-refractivity contribution in [3.05, 3.63) is 83.8 Å². The second-order valence-corrected chi connectivity index (χ2v) is 6.64. The number of carbonyl (C=O) groups is 1. The molecule has 0 fully saturated rings. The van der Waals surface area contributed by atoms with Gasteiger partial charge >= 0.3 is 0 Å². The van der Waals surface area contributed by atoms with Gasteiger partial charge in [-0.05, 0) is 55.8 Å². The van der Waals surface area contributed by atoms with E-state index in [-0.39, 0.29) is 5.91 Å². The highest BCUT2D eigenvalue weighted by Gasteiger charge is 2.24. The maximum absolute atomic E-state index is 13.1. The molecule has 1 amide bonds. The summed E-state index contributed by atoms with van der Waals surface area (Å²) in [4.78, 5) is 14.8. The van der Waals surface area contributed by atoms with Gasteiger partial charge in [-0.3, -0.25) is 4.79 Å². The molecular formula is C23H25NO4. The van der Waals surface area contributed by atoms with E-state index in [2.05, 4.69) is 0 Å². The lowest BCUT2D eigenvalue weighted by atomic mass is 10.2. The Morgan fingerprint density at radius 2 is 1.89 bits per heavy atom. The van der Waals surface area contributed by atoms with Gasteiger partial charge in [0, 0.05) is 5.69 Å². The molecule has 0 N–H and O–H groups in total. The van der Waals surface area contributed by atoms with Crippen LogP contribution < -0.4 is 9.64 Å². The van der Waals surface area contributed by atoms with E-state index in [1.807, 2.05) is 67.6 Å². The Morgan fingerprint density at radius 1 is 1.11 bits per heavy atom. The minimum atomic E-state index is -0.609. The zero-order valence-electron chi connectivity index (χ0n) is 16.4. The van der Waals surface area contributed by atoms with Gasteiger partial charge in [0.05, 0.1) is 26.5 Å². The normalized spacial score (nSPS) is 11.8. The molecule has 146 valence electrons. The molecule has 3 aromatic rings. The van der Waals surface area contributed by atoms with E-state index in [0.29, 0.717) is 18.9 Å². The molecule has 0 aliphatic carbocycles. The fourth-order valence-corrected chi connectivity index (χ4v) is 2.85. The summed E-state index contributed by atoms with van der Waals surface area (Å²) in [6.07, 6.45) is 0.998. The molecular weight excluding hydrogens is 354 g/mol. The monoisotopic (exact) mass is 379 g/mol. The van der Waals surface area contributed by atoms with Gasteiger partial charge in [-0.15, -0.1) is 0 Å². The van der Waals surface area contributed by atoms with Crippen molar-refractivity contribution in [3.63, 3.8) is 0 Å². The highest BCUT2D eigenvalue weighted by atomic mass is 16.5. The van der Waals surface area contributed by atoms with Crippen LogP contribution in [0.2, 0.25) is 0 Å². The van der Waals surface area contributed by atoms with Crippen molar-refractivity contribution in [1.29, 1.82) is 0 Å². The molecule has 1 unspecified atom stereocenters. The van der Waals surface area contributed by atoms with Crippen molar-refractivity contribution < 1.29 is 18.7 Å². The van der Waals surface area contributed by atoms with E-state index in [1.165, 1.54) is 0 Å². The number of ether oxygens (including phenoxy) is 2. The van der Waals surface area contributed by atoms with Crippen molar-refractivity contribution in [2.75, 3.05) is 12.0 Å². The molecule has 0 radical (unpaired) electrons. The van der Waals surface area contributed by atoms with Gasteiger partial charge in [0.1, 0.15) is 17.6 Å². The van der Waals surface area contributed by atoms with Crippen LogP contribution in [0.1, 0.15) is 23.8 Å². The van der Waals surface area contributed by atoms with E-state index in [0.717, 1.165) is 22.6 Å². The molecule has 0 saturated carbocycles. The van der Waals surface area contributed by atoms with Crippen LogP contribution in [0, 0.1) is 6.92 Å². The second kappa shape index (κ2) is 9.24. The summed E-state index contributed by atoms with van der Waals surface area (Å²) in [7, 11) is 1.63. The molecule has 28 heavy (non-hydrogen) atoms. The average molecular weight is 379 g/mol. The van der Waals surface area contributed by atoms with Gasteiger partial charge in [0.2, 0.25) is 0 Å². The fourth-order valence-electron chi connectivity index (χ4n) is 2.85. The molecule has 0 aliphatic heterocycles. The van der Waals surface area contributed by atoms with Crippen molar-refractivity contribution in [2.45, 2.75) is 33.1 Å². The van der Waals surface area contributed by atoms with Crippen LogP contribution in [0.25, 0.3) is 0 Å². The third-order valence-electron chi connectivity index (χ3n) is 4.49. The summed E-state index contributed by atoms with van der Waals surface area (Å²) in [6, 6.07) is 19.1. The Labute approximate surface area is 165 Å². The standard InChI is InChI=1S/C23H25NO4/c1-17-9-11-20(12-10-17)24(15-22-8-5-13-27-22)23(25)18(2)28-16-19-6-4-7-21(14-19)26-3/h4-14,18H,15-16H2,1-3H3. The zero-order chi connectivity index (χ0) is 19.9. The van der Waals surface area contributed by atoms with Gasteiger partial charge in [-0.25, -0.2) is 0 Å². The molecule has 1 heterocycles. The number of nitrogens with zero attached hydrogens (tertiary/aromatic N) is 1. The predicted octanol–water partition coefficient (Wildman–Crippen LogP) is 4.74. The van der Waals surface area contributed by atoms with E-state index in [4.69, 9.17) is 13.9 Å². The maximum Gasteiger partial charge on any atom is 0.256 e. The Balaban J connectivity index is 1.72. The summed E-state index contributed by atoms with van der Waals surface area (Å²) in [6.45, 7) is 4.46. The van der Waals surface area contributed by atoms with Crippen molar-refractivity contribution in [2.24, 2.45) is 0 Å². The van der Waals surface area contributed by atoms with Crippen LogP contribution in [0.4, 0.5) is 5.69 Å². The molecule has 1 atom stereocenters. The van der Waals surface area contributed by atoms with E-state index in [9.17, 15) is 4.79 Å². The van der Waals surface area contributed by atoms with Crippen LogP contribution >= 0.6 is 0 Å². The Kier molecular flexibility index (Phi) is 6.50. The number of rotatable bonds is 8. The first kappa shape index (κ1) is 19.7. The van der Waals surface area contributed by atoms with Crippen molar-refractivity contribution in [3.8, 4) is 5.75 Å². The van der Waals surface area contributed by atoms with Crippen LogP contribution in [0.15, 0.2) is 71.3 Å². The summed E-state index contributed by atoms with van der Waals surface area (Å²) in [5.74, 6) is 1.36. The highest BCUT2D eigenvalue weighted by Crippen LogP contribution is 2.21. The second-order valence-electron chi connectivity index (χ2n) is 6.64. The molecule has 1 aromatic heterocycles. The van der Waals surface area contributed by atoms with Crippen molar-refractivity contribution in [1.82, 2.24) is 0 Å². The topological polar surface area (TPSA) is 51.9 Å². The zero-order valence-corrected chi connectivity index (χ0v) is 16.4. The molecule has 3 rings (SSSR count). The summed E-state index contributed by atoms with van der Waals surface area (Å²) in [5.41, 5.74) is 2.90. The number of aryl methyl sites for hydroxylation is 1. The first-order valence-corrected chi connectivity index (χ1v) is 9.22. The largest absolute Gasteiger partial charge is 0.497 e.